The molecule has 4 heteroatoms. The zero-order valence-electron chi connectivity index (χ0n) is 9.48. The Labute approximate surface area is 109 Å². The van der Waals surface area contributed by atoms with Gasteiger partial charge in [-0.3, -0.25) is 4.98 Å². The van der Waals surface area contributed by atoms with E-state index in [1.54, 1.807) is 6.20 Å². The molecule has 17 heavy (non-hydrogen) atoms. The first-order valence-corrected chi connectivity index (χ1v) is 6.08. The number of hydrogen-bond acceptors (Lipinski definition) is 3. The summed E-state index contributed by atoms with van der Waals surface area (Å²) in [5.74, 6) is 1.52. The minimum atomic E-state index is 0.439. The average Bonchev–Trinajstić information content (AvgIpc) is 2.34. The van der Waals surface area contributed by atoms with E-state index in [-0.39, 0.29) is 0 Å². The molecule has 0 spiro atoms. The smallest absolute Gasteiger partial charge is 0.148 e. The molecule has 0 bridgehead atoms. The highest BCUT2D eigenvalue weighted by Gasteiger charge is 2.06. The summed E-state index contributed by atoms with van der Waals surface area (Å²) in [5, 5.41) is 0. The Morgan fingerprint density at radius 2 is 2.12 bits per heavy atom. The van der Waals surface area contributed by atoms with Crippen molar-refractivity contribution in [3.63, 3.8) is 0 Å². The number of nitrogens with two attached hydrogens (primary N) is 1. The molecule has 0 saturated carbocycles. The number of rotatable bonds is 3. The number of benzene rings is 1. The lowest BCUT2D eigenvalue weighted by atomic mass is 10.2. The summed E-state index contributed by atoms with van der Waals surface area (Å²) >= 11 is 3.41. The van der Waals surface area contributed by atoms with Crippen LogP contribution in [0.3, 0.4) is 0 Å². The second-order valence-corrected chi connectivity index (χ2v) is 4.56. The molecule has 1 aromatic heterocycles. The van der Waals surface area contributed by atoms with Crippen LogP contribution in [0.25, 0.3) is 0 Å². The first-order valence-electron chi connectivity index (χ1n) is 5.28. The first kappa shape index (κ1) is 12.1. The predicted octanol–water partition coefficient (Wildman–Crippen LogP) is 3.40. The zero-order chi connectivity index (χ0) is 12.3. The largest absolute Gasteiger partial charge is 0.455 e. The van der Waals surface area contributed by atoms with E-state index in [9.17, 15) is 0 Å². The van der Waals surface area contributed by atoms with Gasteiger partial charge in [0, 0.05) is 22.8 Å². The number of halogens is 1. The SMILES string of the molecule is Cc1ncccc1Oc1ccc(Br)cc1CN. The highest BCUT2D eigenvalue weighted by molar-refractivity contribution is 9.10. The van der Waals surface area contributed by atoms with Gasteiger partial charge in [0.25, 0.3) is 0 Å². The van der Waals surface area contributed by atoms with Crippen molar-refractivity contribution in [1.82, 2.24) is 4.98 Å². The van der Waals surface area contributed by atoms with Crippen molar-refractivity contribution in [1.29, 1.82) is 0 Å². The third-order valence-electron chi connectivity index (χ3n) is 2.42. The van der Waals surface area contributed by atoms with Crippen LogP contribution in [-0.2, 0) is 6.54 Å². The van der Waals surface area contributed by atoms with Gasteiger partial charge in [-0.25, -0.2) is 0 Å². The summed E-state index contributed by atoms with van der Waals surface area (Å²) < 4.78 is 6.82. The van der Waals surface area contributed by atoms with Crippen molar-refractivity contribution in [3.8, 4) is 11.5 Å². The van der Waals surface area contributed by atoms with Crippen molar-refractivity contribution >= 4 is 15.9 Å². The monoisotopic (exact) mass is 292 g/mol. The van der Waals surface area contributed by atoms with Gasteiger partial charge < -0.3 is 10.5 Å². The number of nitrogens with zero attached hydrogens (tertiary/aromatic N) is 1. The molecule has 3 nitrogen and oxygen atoms in total. The third-order valence-corrected chi connectivity index (χ3v) is 2.91. The van der Waals surface area contributed by atoms with E-state index in [0.29, 0.717) is 6.54 Å². The van der Waals surface area contributed by atoms with E-state index >= 15 is 0 Å². The quantitative estimate of drug-likeness (QED) is 0.943. The van der Waals surface area contributed by atoms with Gasteiger partial charge in [-0.2, -0.15) is 0 Å². The Hall–Kier alpha value is -1.39. The molecule has 0 amide bonds. The van der Waals surface area contributed by atoms with Crippen molar-refractivity contribution in [2.75, 3.05) is 0 Å². The average molecular weight is 293 g/mol. The highest BCUT2D eigenvalue weighted by Crippen LogP contribution is 2.28. The molecule has 88 valence electrons. The first-order chi connectivity index (χ1) is 8.20. The van der Waals surface area contributed by atoms with Crippen molar-refractivity contribution in [3.05, 3.63) is 52.3 Å². The minimum absolute atomic E-state index is 0.439. The van der Waals surface area contributed by atoms with Gasteiger partial charge >= 0.3 is 0 Å². The molecule has 0 fully saturated rings. The van der Waals surface area contributed by atoms with E-state index in [1.807, 2.05) is 37.3 Å². The van der Waals surface area contributed by atoms with Crippen molar-refractivity contribution in [2.24, 2.45) is 5.73 Å². The lowest BCUT2D eigenvalue weighted by molar-refractivity contribution is 0.469. The Morgan fingerprint density at radius 1 is 1.29 bits per heavy atom. The summed E-state index contributed by atoms with van der Waals surface area (Å²) in [4.78, 5) is 4.18. The summed E-state index contributed by atoms with van der Waals surface area (Å²) in [7, 11) is 0. The Morgan fingerprint density at radius 3 is 2.82 bits per heavy atom. The molecular formula is C13H13BrN2O. The van der Waals surface area contributed by atoms with Crippen molar-refractivity contribution < 1.29 is 4.74 Å². The molecule has 0 saturated heterocycles. The number of aromatic nitrogens is 1. The van der Waals surface area contributed by atoms with E-state index < -0.39 is 0 Å². The van der Waals surface area contributed by atoms with Crippen molar-refractivity contribution in [2.45, 2.75) is 13.5 Å². The van der Waals surface area contributed by atoms with Gasteiger partial charge in [-0.15, -0.1) is 0 Å². The van der Waals surface area contributed by atoms with E-state index in [2.05, 4.69) is 20.9 Å². The fourth-order valence-electron chi connectivity index (χ4n) is 1.50. The molecule has 1 heterocycles. The van der Waals surface area contributed by atoms with Gasteiger partial charge in [0.05, 0.1) is 5.69 Å². The number of pyridine rings is 1. The molecule has 0 radical (unpaired) electrons. The lowest BCUT2D eigenvalue weighted by Crippen LogP contribution is -2.00. The number of ether oxygens (including phenoxy) is 1. The van der Waals surface area contributed by atoms with Crippen LogP contribution in [0.4, 0.5) is 0 Å². The topological polar surface area (TPSA) is 48.1 Å². The van der Waals surface area contributed by atoms with Crippen LogP contribution >= 0.6 is 15.9 Å². The Bertz CT molecular complexity index is 529. The van der Waals surface area contributed by atoms with Gasteiger partial charge in [0.15, 0.2) is 0 Å². The standard InChI is InChI=1S/C13H13BrN2O/c1-9-12(3-2-6-16-9)17-13-5-4-11(14)7-10(13)8-15/h2-7H,8,15H2,1H3. The highest BCUT2D eigenvalue weighted by atomic mass is 79.9. The summed E-state index contributed by atoms with van der Waals surface area (Å²) in [5.41, 5.74) is 7.52. The molecule has 0 aliphatic heterocycles. The third kappa shape index (κ3) is 2.84. The van der Waals surface area contributed by atoms with Crippen LogP contribution in [0.1, 0.15) is 11.3 Å². The second kappa shape index (κ2) is 5.29. The molecule has 0 atom stereocenters. The van der Waals surface area contributed by atoms with Crippen LogP contribution in [0.5, 0.6) is 11.5 Å². The van der Waals surface area contributed by atoms with Crippen LogP contribution in [0.2, 0.25) is 0 Å². The Kier molecular flexibility index (Phi) is 3.76. The maximum absolute atomic E-state index is 5.82. The summed E-state index contributed by atoms with van der Waals surface area (Å²) in [6, 6.07) is 9.54. The molecule has 2 rings (SSSR count). The maximum Gasteiger partial charge on any atom is 0.148 e. The fraction of sp³-hybridized carbons (Fsp3) is 0.154. The minimum Gasteiger partial charge on any atom is -0.455 e. The number of hydrogen-bond donors (Lipinski definition) is 1. The van der Waals surface area contributed by atoms with Crippen LogP contribution in [0.15, 0.2) is 41.0 Å². The zero-order valence-corrected chi connectivity index (χ0v) is 11.1. The molecule has 0 aliphatic carbocycles. The normalized spacial score (nSPS) is 10.3. The van der Waals surface area contributed by atoms with E-state index in [1.165, 1.54) is 0 Å². The van der Waals surface area contributed by atoms with Gasteiger partial charge in [0.2, 0.25) is 0 Å². The van der Waals surface area contributed by atoms with E-state index in [4.69, 9.17) is 10.5 Å². The molecular weight excluding hydrogens is 280 g/mol. The molecule has 2 aromatic rings. The summed E-state index contributed by atoms with van der Waals surface area (Å²) in [6.45, 7) is 2.35. The van der Waals surface area contributed by atoms with Gasteiger partial charge in [0.1, 0.15) is 11.5 Å². The van der Waals surface area contributed by atoms with Gasteiger partial charge in [-0.05, 0) is 37.3 Å². The number of aryl methyl sites for hydroxylation is 1. The van der Waals surface area contributed by atoms with Gasteiger partial charge in [-0.1, -0.05) is 15.9 Å². The van der Waals surface area contributed by atoms with Crippen LogP contribution in [0, 0.1) is 6.92 Å². The molecule has 0 aliphatic rings. The Balaban J connectivity index is 2.33. The maximum atomic E-state index is 5.82. The fourth-order valence-corrected chi connectivity index (χ4v) is 1.91. The van der Waals surface area contributed by atoms with Crippen LogP contribution < -0.4 is 10.5 Å². The van der Waals surface area contributed by atoms with Crippen LogP contribution in [-0.4, -0.2) is 4.98 Å². The molecule has 2 N–H and O–H groups in total. The summed E-state index contributed by atoms with van der Waals surface area (Å²) in [6.07, 6.45) is 1.74. The van der Waals surface area contributed by atoms with E-state index in [0.717, 1.165) is 27.2 Å². The molecule has 0 unspecified atom stereocenters. The lowest BCUT2D eigenvalue weighted by Gasteiger charge is -2.11. The predicted molar refractivity (Wildman–Crippen MR) is 71.1 cm³/mol. The molecule has 1 aromatic carbocycles. The second-order valence-electron chi connectivity index (χ2n) is 3.65.